The van der Waals surface area contributed by atoms with Crippen molar-refractivity contribution in [3.05, 3.63) is 0 Å². The van der Waals surface area contributed by atoms with Gasteiger partial charge in [-0.15, -0.1) is 0 Å². The average molecular weight is 132 g/mol. The summed E-state index contributed by atoms with van der Waals surface area (Å²) in [5.74, 6) is 0. The first-order chi connectivity index (χ1) is 4.33. The first-order valence-electron chi connectivity index (χ1n) is 2.93. The highest BCUT2D eigenvalue weighted by molar-refractivity contribution is 4.99. The van der Waals surface area contributed by atoms with Crippen molar-refractivity contribution >= 4 is 0 Å². The number of hydrogen-bond donors (Lipinski definition) is 2. The molecule has 2 aliphatic heterocycles. The van der Waals surface area contributed by atoms with Crippen LogP contribution in [0.15, 0.2) is 0 Å². The standard InChI is InChI=1S/C5H8O4/c6-1-2-3-4(9-3)5(7)8-2/h2-7H,1H2/t2-,3-,4-,5-/m1/s1. The number of fused-ring (bicyclic) bond motifs is 1. The van der Waals surface area contributed by atoms with E-state index in [2.05, 4.69) is 0 Å². The molecule has 2 heterocycles. The Hall–Kier alpha value is -0.160. The Kier molecular flexibility index (Phi) is 1.04. The summed E-state index contributed by atoms with van der Waals surface area (Å²) in [4.78, 5) is 0. The summed E-state index contributed by atoms with van der Waals surface area (Å²) >= 11 is 0. The zero-order valence-corrected chi connectivity index (χ0v) is 4.73. The molecule has 0 bridgehead atoms. The van der Waals surface area contributed by atoms with Crippen LogP contribution < -0.4 is 0 Å². The Labute approximate surface area is 52.0 Å². The summed E-state index contributed by atoms with van der Waals surface area (Å²) in [5, 5.41) is 17.4. The second-order valence-electron chi connectivity index (χ2n) is 2.31. The van der Waals surface area contributed by atoms with E-state index in [4.69, 9.17) is 19.7 Å². The van der Waals surface area contributed by atoms with Crippen LogP contribution in [-0.2, 0) is 9.47 Å². The van der Waals surface area contributed by atoms with Gasteiger partial charge in [-0.05, 0) is 0 Å². The van der Waals surface area contributed by atoms with E-state index in [1.54, 1.807) is 0 Å². The maximum Gasteiger partial charge on any atom is 0.184 e. The van der Waals surface area contributed by atoms with Crippen LogP contribution in [-0.4, -0.2) is 41.4 Å². The minimum absolute atomic E-state index is 0.0509. The van der Waals surface area contributed by atoms with E-state index in [1.807, 2.05) is 0 Å². The molecule has 2 rings (SSSR count). The molecule has 2 fully saturated rings. The predicted molar refractivity (Wildman–Crippen MR) is 26.6 cm³/mol. The third-order valence-corrected chi connectivity index (χ3v) is 1.70. The van der Waals surface area contributed by atoms with Crippen LogP contribution in [0.4, 0.5) is 0 Å². The van der Waals surface area contributed by atoms with Crippen molar-refractivity contribution in [2.24, 2.45) is 0 Å². The highest BCUT2D eigenvalue weighted by Gasteiger charge is 2.57. The summed E-state index contributed by atoms with van der Waals surface area (Å²) < 4.78 is 9.79. The van der Waals surface area contributed by atoms with Crippen molar-refractivity contribution in [1.29, 1.82) is 0 Å². The zero-order valence-electron chi connectivity index (χ0n) is 4.73. The summed E-state index contributed by atoms with van der Waals surface area (Å²) in [5.41, 5.74) is 0. The van der Waals surface area contributed by atoms with Crippen molar-refractivity contribution in [3.8, 4) is 0 Å². The number of aliphatic hydroxyl groups is 2. The molecule has 0 unspecified atom stereocenters. The first kappa shape index (κ1) is 5.61. The highest BCUT2D eigenvalue weighted by Crippen LogP contribution is 2.37. The molecule has 0 aliphatic carbocycles. The van der Waals surface area contributed by atoms with Gasteiger partial charge in [-0.25, -0.2) is 0 Å². The van der Waals surface area contributed by atoms with Crippen molar-refractivity contribution in [1.82, 2.24) is 0 Å². The number of hydrogen-bond acceptors (Lipinski definition) is 4. The van der Waals surface area contributed by atoms with Gasteiger partial charge >= 0.3 is 0 Å². The van der Waals surface area contributed by atoms with Gasteiger partial charge in [-0.3, -0.25) is 0 Å². The van der Waals surface area contributed by atoms with Crippen LogP contribution in [0.25, 0.3) is 0 Å². The zero-order chi connectivity index (χ0) is 6.43. The van der Waals surface area contributed by atoms with Crippen molar-refractivity contribution in [2.75, 3.05) is 6.61 Å². The fourth-order valence-electron chi connectivity index (χ4n) is 1.15. The van der Waals surface area contributed by atoms with Gasteiger partial charge in [-0.2, -0.15) is 0 Å². The second kappa shape index (κ2) is 1.67. The van der Waals surface area contributed by atoms with E-state index in [1.165, 1.54) is 0 Å². The van der Waals surface area contributed by atoms with E-state index in [9.17, 15) is 0 Å². The summed E-state index contributed by atoms with van der Waals surface area (Å²) in [6.45, 7) is -0.0712. The van der Waals surface area contributed by atoms with Gasteiger partial charge in [0.2, 0.25) is 0 Å². The van der Waals surface area contributed by atoms with Crippen LogP contribution in [0.2, 0.25) is 0 Å². The van der Waals surface area contributed by atoms with Gasteiger partial charge in [0, 0.05) is 0 Å². The molecule has 4 atom stereocenters. The molecule has 2 N–H and O–H groups in total. The third-order valence-electron chi connectivity index (χ3n) is 1.70. The van der Waals surface area contributed by atoms with Gasteiger partial charge < -0.3 is 19.7 Å². The predicted octanol–water partition coefficient (Wildman–Crippen LogP) is -1.54. The molecule has 0 aromatic heterocycles. The average Bonchev–Trinajstić information content (AvgIpc) is 2.56. The maximum absolute atomic E-state index is 8.88. The maximum atomic E-state index is 8.88. The number of epoxide rings is 1. The molecule has 4 nitrogen and oxygen atoms in total. The smallest absolute Gasteiger partial charge is 0.184 e. The second-order valence-corrected chi connectivity index (χ2v) is 2.31. The molecule has 0 aromatic rings. The molecule has 4 heteroatoms. The van der Waals surface area contributed by atoms with Gasteiger partial charge in [-0.1, -0.05) is 0 Å². The molecule has 52 valence electrons. The molecular formula is C5H8O4. The van der Waals surface area contributed by atoms with Gasteiger partial charge in [0.05, 0.1) is 6.61 Å². The van der Waals surface area contributed by atoms with E-state index in [-0.39, 0.29) is 24.9 Å². The number of ether oxygens (including phenoxy) is 2. The fourth-order valence-corrected chi connectivity index (χ4v) is 1.15. The van der Waals surface area contributed by atoms with Crippen molar-refractivity contribution in [2.45, 2.75) is 24.6 Å². The molecule has 9 heavy (non-hydrogen) atoms. The topological polar surface area (TPSA) is 62.2 Å². The minimum atomic E-state index is -0.813. The highest BCUT2D eigenvalue weighted by atomic mass is 16.7. The lowest BCUT2D eigenvalue weighted by atomic mass is 10.2. The van der Waals surface area contributed by atoms with Gasteiger partial charge in [0.1, 0.15) is 18.3 Å². The van der Waals surface area contributed by atoms with Crippen LogP contribution in [0.1, 0.15) is 0 Å². The molecule has 2 saturated heterocycles. The molecule has 0 amide bonds. The summed E-state index contributed by atoms with van der Waals surface area (Å²) in [6, 6.07) is 0. The van der Waals surface area contributed by atoms with E-state index in [0.29, 0.717) is 0 Å². The van der Waals surface area contributed by atoms with E-state index in [0.717, 1.165) is 0 Å². The van der Waals surface area contributed by atoms with E-state index >= 15 is 0 Å². The molecular weight excluding hydrogens is 124 g/mol. The molecule has 0 radical (unpaired) electrons. The summed E-state index contributed by atoms with van der Waals surface area (Å²) in [7, 11) is 0. The van der Waals surface area contributed by atoms with Crippen LogP contribution >= 0.6 is 0 Å². The largest absolute Gasteiger partial charge is 0.394 e. The lowest BCUT2D eigenvalue weighted by Crippen LogP contribution is -2.22. The Bertz CT molecular complexity index is 126. The first-order valence-corrected chi connectivity index (χ1v) is 2.93. The Balaban J connectivity index is 2.00. The Morgan fingerprint density at radius 2 is 2.00 bits per heavy atom. The van der Waals surface area contributed by atoms with E-state index < -0.39 is 6.29 Å². The Morgan fingerprint density at radius 3 is 2.22 bits per heavy atom. The molecule has 0 saturated carbocycles. The molecule has 0 spiro atoms. The van der Waals surface area contributed by atoms with Crippen LogP contribution in [0.5, 0.6) is 0 Å². The number of rotatable bonds is 1. The van der Waals surface area contributed by atoms with Gasteiger partial charge in [0.15, 0.2) is 6.29 Å². The fraction of sp³-hybridized carbons (Fsp3) is 1.00. The van der Waals surface area contributed by atoms with Crippen molar-refractivity contribution in [3.63, 3.8) is 0 Å². The number of aliphatic hydroxyl groups excluding tert-OH is 2. The molecule has 2 aliphatic rings. The van der Waals surface area contributed by atoms with Crippen LogP contribution in [0, 0.1) is 0 Å². The van der Waals surface area contributed by atoms with Crippen LogP contribution in [0.3, 0.4) is 0 Å². The lowest BCUT2D eigenvalue weighted by Gasteiger charge is -2.09. The van der Waals surface area contributed by atoms with Gasteiger partial charge in [0.25, 0.3) is 0 Å². The third kappa shape index (κ3) is 0.679. The minimum Gasteiger partial charge on any atom is -0.394 e. The SMILES string of the molecule is OC[C@H]1O[C@@H](O)[C@@H]2O[C@@H]21. The Morgan fingerprint density at radius 1 is 1.22 bits per heavy atom. The molecule has 0 aromatic carbocycles. The van der Waals surface area contributed by atoms with Crippen molar-refractivity contribution < 1.29 is 19.7 Å². The normalized spacial score (nSPS) is 55.3. The quantitative estimate of drug-likeness (QED) is 0.424. The summed E-state index contributed by atoms with van der Waals surface area (Å²) in [6.07, 6.45) is -1.33. The monoisotopic (exact) mass is 132 g/mol. The lowest BCUT2D eigenvalue weighted by molar-refractivity contribution is -0.149.